The topological polar surface area (TPSA) is 92.8 Å². The first kappa shape index (κ1) is 25.9. The van der Waals surface area contributed by atoms with Gasteiger partial charge in [-0.3, -0.25) is 9.69 Å². The number of aryl methyl sites for hydroxylation is 2. The molecule has 38 heavy (non-hydrogen) atoms. The second-order valence-electron chi connectivity index (χ2n) is 10.7. The van der Waals surface area contributed by atoms with Gasteiger partial charge in [0.2, 0.25) is 0 Å². The average Bonchev–Trinajstić information content (AvgIpc) is 3.55. The SMILES string of the molecule is Cc1cc2cc(C(c3nnnn3C(C)(C)C)N(Cc3ccc(Cl)cc3)Cc3ccco3)c(=O)[nH]c2cc1C. The van der Waals surface area contributed by atoms with Gasteiger partial charge in [-0.25, -0.2) is 4.68 Å². The molecule has 8 nitrogen and oxygen atoms in total. The van der Waals surface area contributed by atoms with Crippen LogP contribution in [-0.4, -0.2) is 30.1 Å². The first-order valence-corrected chi connectivity index (χ1v) is 12.9. The molecule has 1 unspecified atom stereocenters. The van der Waals surface area contributed by atoms with Gasteiger partial charge >= 0.3 is 0 Å². The molecule has 3 heterocycles. The molecule has 0 radical (unpaired) electrons. The van der Waals surface area contributed by atoms with Crippen LogP contribution < -0.4 is 5.56 Å². The van der Waals surface area contributed by atoms with Crippen molar-refractivity contribution in [3.63, 3.8) is 0 Å². The molecule has 0 bridgehead atoms. The Hall–Kier alpha value is -3.75. The molecule has 0 saturated heterocycles. The summed E-state index contributed by atoms with van der Waals surface area (Å²) >= 11 is 6.17. The lowest BCUT2D eigenvalue weighted by molar-refractivity contribution is 0.171. The van der Waals surface area contributed by atoms with Crippen molar-refractivity contribution in [1.29, 1.82) is 0 Å². The van der Waals surface area contributed by atoms with Crippen molar-refractivity contribution < 1.29 is 4.42 Å². The molecule has 0 amide bonds. The molecule has 9 heteroatoms. The van der Waals surface area contributed by atoms with Crippen LogP contribution in [-0.2, 0) is 18.6 Å². The van der Waals surface area contributed by atoms with Crippen molar-refractivity contribution >= 4 is 22.5 Å². The van der Waals surface area contributed by atoms with Gasteiger partial charge in [0.25, 0.3) is 5.56 Å². The summed E-state index contributed by atoms with van der Waals surface area (Å²) in [5.41, 5.74) is 4.06. The predicted molar refractivity (Wildman–Crippen MR) is 148 cm³/mol. The first-order chi connectivity index (χ1) is 18.1. The Balaban J connectivity index is 1.73. The van der Waals surface area contributed by atoms with Crippen molar-refractivity contribution in [1.82, 2.24) is 30.1 Å². The van der Waals surface area contributed by atoms with Crippen LogP contribution in [0.2, 0.25) is 5.02 Å². The molecule has 3 aromatic heterocycles. The minimum absolute atomic E-state index is 0.185. The molecular weight excluding hydrogens is 500 g/mol. The Morgan fingerprint density at radius 2 is 1.79 bits per heavy atom. The van der Waals surface area contributed by atoms with Crippen molar-refractivity contribution in [2.45, 2.75) is 59.3 Å². The van der Waals surface area contributed by atoms with Crippen molar-refractivity contribution in [3.8, 4) is 0 Å². The molecule has 2 aromatic carbocycles. The van der Waals surface area contributed by atoms with Gasteiger partial charge in [-0.05, 0) is 110 Å². The highest BCUT2D eigenvalue weighted by molar-refractivity contribution is 6.30. The number of tetrazole rings is 1. The lowest BCUT2D eigenvalue weighted by atomic mass is 9.99. The quantitative estimate of drug-likeness (QED) is 0.280. The summed E-state index contributed by atoms with van der Waals surface area (Å²) < 4.78 is 7.53. The maximum absolute atomic E-state index is 13.7. The molecule has 0 aliphatic carbocycles. The molecule has 0 aliphatic heterocycles. The van der Waals surface area contributed by atoms with E-state index in [0.717, 1.165) is 33.4 Å². The smallest absolute Gasteiger partial charge is 0.253 e. The largest absolute Gasteiger partial charge is 0.468 e. The summed E-state index contributed by atoms with van der Waals surface area (Å²) in [5.74, 6) is 1.34. The lowest BCUT2D eigenvalue weighted by Crippen LogP contribution is -2.37. The molecule has 5 rings (SSSR count). The average molecular weight is 531 g/mol. The van der Waals surface area contributed by atoms with Crippen LogP contribution in [0, 0.1) is 13.8 Å². The van der Waals surface area contributed by atoms with Gasteiger partial charge in [-0.15, -0.1) is 5.10 Å². The Labute approximate surface area is 226 Å². The van der Waals surface area contributed by atoms with E-state index >= 15 is 0 Å². The first-order valence-electron chi connectivity index (χ1n) is 12.5. The second kappa shape index (κ2) is 10.2. The van der Waals surface area contributed by atoms with E-state index < -0.39 is 11.6 Å². The molecule has 0 spiro atoms. The second-order valence-corrected chi connectivity index (χ2v) is 11.1. The summed E-state index contributed by atoms with van der Waals surface area (Å²) in [7, 11) is 0. The number of rotatable bonds is 7. The van der Waals surface area contributed by atoms with Gasteiger partial charge in [0, 0.05) is 22.6 Å². The molecule has 5 aromatic rings. The lowest BCUT2D eigenvalue weighted by Gasteiger charge is -2.32. The number of benzene rings is 2. The third-order valence-electron chi connectivity index (χ3n) is 6.76. The third-order valence-corrected chi connectivity index (χ3v) is 7.01. The van der Waals surface area contributed by atoms with E-state index in [-0.39, 0.29) is 5.56 Å². The van der Waals surface area contributed by atoms with Crippen LogP contribution in [0.25, 0.3) is 10.9 Å². The molecule has 0 saturated carbocycles. The van der Waals surface area contributed by atoms with Gasteiger partial charge in [0.1, 0.15) is 11.8 Å². The highest BCUT2D eigenvalue weighted by atomic mass is 35.5. The molecule has 1 atom stereocenters. The maximum atomic E-state index is 13.7. The Bertz CT molecular complexity index is 1610. The van der Waals surface area contributed by atoms with Crippen LogP contribution >= 0.6 is 11.6 Å². The van der Waals surface area contributed by atoms with Crippen LogP contribution in [0.1, 0.15) is 60.7 Å². The number of aromatic nitrogens is 5. The zero-order valence-corrected chi connectivity index (χ0v) is 23.0. The van der Waals surface area contributed by atoms with Gasteiger partial charge in [-0.1, -0.05) is 23.7 Å². The number of aromatic amines is 1. The van der Waals surface area contributed by atoms with Gasteiger partial charge in [0.15, 0.2) is 5.82 Å². The molecule has 196 valence electrons. The minimum Gasteiger partial charge on any atom is -0.468 e. The van der Waals surface area contributed by atoms with Crippen molar-refractivity contribution in [2.24, 2.45) is 0 Å². The molecule has 0 fully saturated rings. The van der Waals surface area contributed by atoms with Crippen LogP contribution in [0.15, 0.2) is 70.1 Å². The van der Waals surface area contributed by atoms with E-state index in [0.29, 0.717) is 29.5 Å². The summed E-state index contributed by atoms with van der Waals surface area (Å²) in [6.45, 7) is 11.2. The Morgan fingerprint density at radius 3 is 2.47 bits per heavy atom. The summed E-state index contributed by atoms with van der Waals surface area (Å²) in [5, 5.41) is 14.4. The number of nitrogens with zero attached hydrogens (tertiary/aromatic N) is 5. The number of hydrogen-bond donors (Lipinski definition) is 1. The van der Waals surface area contributed by atoms with E-state index in [2.05, 4.69) is 38.4 Å². The fourth-order valence-electron chi connectivity index (χ4n) is 4.70. The van der Waals surface area contributed by atoms with E-state index in [1.807, 2.05) is 76.2 Å². The summed E-state index contributed by atoms with van der Waals surface area (Å²) in [6.07, 6.45) is 1.65. The number of hydrogen-bond acceptors (Lipinski definition) is 6. The minimum atomic E-state index is -0.570. The zero-order valence-electron chi connectivity index (χ0n) is 22.2. The predicted octanol–water partition coefficient (Wildman–Crippen LogP) is 5.92. The fourth-order valence-corrected chi connectivity index (χ4v) is 4.83. The number of halogens is 1. The Kier molecular flexibility index (Phi) is 6.94. The van der Waals surface area contributed by atoms with E-state index in [4.69, 9.17) is 16.0 Å². The summed E-state index contributed by atoms with van der Waals surface area (Å²) in [4.78, 5) is 19.0. The highest BCUT2D eigenvalue weighted by Gasteiger charge is 2.34. The number of furan rings is 1. The number of pyridine rings is 1. The van der Waals surface area contributed by atoms with E-state index in [1.54, 1.807) is 10.9 Å². The molecule has 1 N–H and O–H groups in total. The number of fused-ring (bicyclic) bond motifs is 1. The standard InChI is InChI=1S/C29H31ClN6O2/c1-18-13-21-15-24(28(37)31-25(21)14-19(18)2)26(27-32-33-34-36(27)29(3,4)5)35(17-23-7-6-12-38-23)16-20-8-10-22(30)11-9-20/h6-15,26H,16-17H2,1-5H3,(H,31,37). The van der Waals surface area contributed by atoms with E-state index in [9.17, 15) is 4.79 Å². The third kappa shape index (κ3) is 5.28. The normalized spacial score (nSPS) is 12.9. The van der Waals surface area contributed by atoms with E-state index in [1.165, 1.54) is 0 Å². The van der Waals surface area contributed by atoms with Gasteiger partial charge in [-0.2, -0.15) is 0 Å². The number of H-pyrrole nitrogens is 1. The monoisotopic (exact) mass is 530 g/mol. The maximum Gasteiger partial charge on any atom is 0.253 e. The highest BCUT2D eigenvalue weighted by Crippen LogP contribution is 2.32. The van der Waals surface area contributed by atoms with Gasteiger partial charge in [0.05, 0.1) is 18.3 Å². The molecule has 0 aliphatic rings. The van der Waals surface area contributed by atoms with Crippen LogP contribution in [0.5, 0.6) is 0 Å². The van der Waals surface area contributed by atoms with Crippen molar-refractivity contribution in [3.05, 3.63) is 110 Å². The zero-order chi connectivity index (χ0) is 27.0. The van der Waals surface area contributed by atoms with Crippen LogP contribution in [0.3, 0.4) is 0 Å². The number of nitrogens with one attached hydrogen (secondary N) is 1. The van der Waals surface area contributed by atoms with Crippen molar-refractivity contribution in [2.75, 3.05) is 0 Å². The fraction of sp³-hybridized carbons (Fsp3) is 0.310. The van der Waals surface area contributed by atoms with Gasteiger partial charge < -0.3 is 9.40 Å². The van der Waals surface area contributed by atoms with Crippen LogP contribution in [0.4, 0.5) is 0 Å². The molecular formula is C29H31ClN6O2. The summed E-state index contributed by atoms with van der Waals surface area (Å²) in [6, 6.07) is 17.0. The Morgan fingerprint density at radius 1 is 1.05 bits per heavy atom.